The van der Waals surface area contributed by atoms with Gasteiger partial charge < -0.3 is 9.29 Å². The van der Waals surface area contributed by atoms with Crippen molar-refractivity contribution in [3.8, 4) is 0 Å². The molecule has 0 aliphatic rings. The van der Waals surface area contributed by atoms with Gasteiger partial charge in [-0.15, -0.1) is 4.72 Å². The maximum Gasteiger partial charge on any atom is 0.342 e. The molecule has 1 rings (SSSR count). The zero-order valence-electron chi connectivity index (χ0n) is 13.4. The third-order valence-electron chi connectivity index (χ3n) is 2.89. The molecule has 0 bridgehead atoms. The van der Waals surface area contributed by atoms with Crippen molar-refractivity contribution in [3.05, 3.63) is 34.1 Å². The van der Waals surface area contributed by atoms with E-state index in [-0.39, 0.29) is 12.2 Å². The first kappa shape index (κ1) is 20.3. The van der Waals surface area contributed by atoms with Gasteiger partial charge in [-0.2, -0.15) is 0 Å². The number of ether oxygens (including phenoxy) is 1. The van der Waals surface area contributed by atoms with Crippen molar-refractivity contribution in [2.45, 2.75) is 44.7 Å². The van der Waals surface area contributed by atoms with Crippen LogP contribution in [0.3, 0.4) is 0 Å². The Morgan fingerprint density at radius 2 is 2.09 bits per heavy atom. The molecule has 0 heterocycles. The number of halogens is 3. The van der Waals surface area contributed by atoms with E-state index in [1.807, 2.05) is 0 Å². The summed E-state index contributed by atoms with van der Waals surface area (Å²) in [5.74, 6) is -1.83. The van der Waals surface area contributed by atoms with E-state index in [0.29, 0.717) is 4.47 Å². The van der Waals surface area contributed by atoms with Crippen LogP contribution in [0.15, 0.2) is 22.7 Å². The molecule has 0 saturated heterocycles. The third kappa shape index (κ3) is 5.70. The van der Waals surface area contributed by atoms with Crippen LogP contribution in [0.5, 0.6) is 0 Å². The number of benzene rings is 1. The van der Waals surface area contributed by atoms with Crippen molar-refractivity contribution >= 4 is 33.3 Å². The summed E-state index contributed by atoms with van der Waals surface area (Å²) in [5, 5.41) is 0. The SMILES string of the molecule is CCOC(=O)[C@H](F)[C@@H](N[S@+]([O-])C(C)(C)C)c1cc(Br)ccc1F. The maximum atomic E-state index is 14.5. The van der Waals surface area contributed by atoms with Gasteiger partial charge in [-0.1, -0.05) is 15.9 Å². The summed E-state index contributed by atoms with van der Waals surface area (Å²) in [4.78, 5) is 11.7. The van der Waals surface area contributed by atoms with Crippen molar-refractivity contribution in [1.82, 2.24) is 4.72 Å². The predicted octanol–water partition coefficient (Wildman–Crippen LogP) is 3.58. The van der Waals surface area contributed by atoms with Gasteiger partial charge in [-0.25, -0.2) is 13.6 Å². The van der Waals surface area contributed by atoms with Crippen molar-refractivity contribution in [1.29, 1.82) is 0 Å². The molecule has 0 aromatic heterocycles. The van der Waals surface area contributed by atoms with Crippen LogP contribution in [0.25, 0.3) is 0 Å². The van der Waals surface area contributed by atoms with E-state index in [1.165, 1.54) is 12.1 Å². The summed E-state index contributed by atoms with van der Waals surface area (Å²) in [6, 6.07) is 2.52. The smallest absolute Gasteiger partial charge is 0.342 e. The topological polar surface area (TPSA) is 61.4 Å². The van der Waals surface area contributed by atoms with Gasteiger partial charge in [0.25, 0.3) is 0 Å². The average Bonchev–Trinajstić information content (AvgIpc) is 2.45. The lowest BCUT2D eigenvalue weighted by atomic mass is 10.0. The number of carbonyl (C=O) groups is 1. The van der Waals surface area contributed by atoms with Gasteiger partial charge in [0.2, 0.25) is 6.17 Å². The second kappa shape index (κ2) is 8.41. The van der Waals surface area contributed by atoms with E-state index in [1.54, 1.807) is 27.7 Å². The van der Waals surface area contributed by atoms with Crippen LogP contribution in [0.2, 0.25) is 0 Å². The fourth-order valence-corrected chi connectivity index (χ4v) is 2.89. The first-order valence-corrected chi connectivity index (χ1v) is 8.96. The van der Waals surface area contributed by atoms with Gasteiger partial charge >= 0.3 is 5.97 Å². The summed E-state index contributed by atoms with van der Waals surface area (Å²) < 4.78 is 47.9. The molecule has 4 nitrogen and oxygen atoms in total. The van der Waals surface area contributed by atoms with Crippen LogP contribution < -0.4 is 4.72 Å². The van der Waals surface area contributed by atoms with Crippen molar-refractivity contribution in [2.75, 3.05) is 6.61 Å². The zero-order valence-corrected chi connectivity index (χ0v) is 15.8. The lowest BCUT2D eigenvalue weighted by Crippen LogP contribution is -2.46. The molecule has 0 amide bonds. The second-order valence-electron chi connectivity index (χ2n) is 5.80. The second-order valence-corrected chi connectivity index (χ2v) is 8.71. The Bertz CT molecular complexity index is 554. The average molecular weight is 412 g/mol. The maximum absolute atomic E-state index is 14.5. The molecule has 0 unspecified atom stereocenters. The van der Waals surface area contributed by atoms with Crippen molar-refractivity contribution < 1.29 is 22.9 Å². The van der Waals surface area contributed by atoms with Gasteiger partial charge in [0.15, 0.2) is 0 Å². The summed E-state index contributed by atoms with van der Waals surface area (Å²) in [6.45, 7) is 6.58. The van der Waals surface area contributed by atoms with Crippen LogP contribution >= 0.6 is 15.9 Å². The molecule has 0 aliphatic heterocycles. The Balaban J connectivity index is 3.20. The highest BCUT2D eigenvalue weighted by Gasteiger charge is 2.39. The van der Waals surface area contributed by atoms with E-state index in [0.717, 1.165) is 6.07 Å². The number of hydrogen-bond acceptors (Lipinski definition) is 4. The zero-order chi connectivity index (χ0) is 17.8. The van der Waals surface area contributed by atoms with E-state index >= 15 is 0 Å². The predicted molar refractivity (Wildman–Crippen MR) is 89.4 cm³/mol. The Labute approximate surface area is 146 Å². The Hall–Kier alpha value is -0.700. The molecule has 1 aromatic rings. The van der Waals surface area contributed by atoms with Crippen molar-refractivity contribution in [2.24, 2.45) is 0 Å². The first-order valence-electron chi connectivity index (χ1n) is 7.01. The first-order chi connectivity index (χ1) is 10.6. The quantitative estimate of drug-likeness (QED) is 0.573. The van der Waals surface area contributed by atoms with Crippen LogP contribution in [-0.4, -0.2) is 28.0 Å². The van der Waals surface area contributed by atoms with Crippen LogP contribution in [0.1, 0.15) is 39.3 Å². The molecule has 3 atom stereocenters. The van der Waals surface area contributed by atoms with E-state index in [2.05, 4.69) is 25.4 Å². The minimum Gasteiger partial charge on any atom is -0.598 e. The number of hydrogen-bond donors (Lipinski definition) is 1. The van der Waals surface area contributed by atoms with Gasteiger partial charge in [-0.3, -0.25) is 0 Å². The Morgan fingerprint density at radius 3 is 2.61 bits per heavy atom. The highest BCUT2D eigenvalue weighted by molar-refractivity contribution is 9.10. The van der Waals surface area contributed by atoms with Gasteiger partial charge in [-0.05, 0) is 45.9 Å². The molecule has 8 heteroatoms. The molecule has 0 spiro atoms. The summed E-state index contributed by atoms with van der Waals surface area (Å²) in [6.07, 6.45) is -2.19. The largest absolute Gasteiger partial charge is 0.598 e. The minimum atomic E-state index is -2.19. The minimum absolute atomic E-state index is 0.00466. The highest BCUT2D eigenvalue weighted by atomic mass is 79.9. The van der Waals surface area contributed by atoms with Crippen molar-refractivity contribution in [3.63, 3.8) is 0 Å². The standard InChI is InChI=1S/C15H20BrF2NO3S/c1-5-22-14(20)12(18)13(19-23(21)15(2,3)4)10-8-9(16)6-7-11(10)17/h6-8,12-13,19H,5H2,1-4H3/t12-,13+,23-/m1/s1. The molecule has 1 aromatic carbocycles. The van der Waals surface area contributed by atoms with E-state index in [4.69, 9.17) is 0 Å². The fraction of sp³-hybridized carbons (Fsp3) is 0.533. The molecule has 0 aliphatic carbocycles. The lowest BCUT2D eigenvalue weighted by Gasteiger charge is -2.29. The molecule has 1 N–H and O–H groups in total. The monoisotopic (exact) mass is 411 g/mol. The van der Waals surface area contributed by atoms with Crippen LogP contribution in [-0.2, 0) is 20.9 Å². The van der Waals surface area contributed by atoms with Crippen LogP contribution in [0.4, 0.5) is 8.78 Å². The molecule has 0 fully saturated rings. The summed E-state index contributed by atoms with van der Waals surface area (Å²) in [7, 11) is 0. The van der Waals surface area contributed by atoms with E-state index < -0.39 is 40.1 Å². The molecular weight excluding hydrogens is 392 g/mol. The van der Waals surface area contributed by atoms with Crippen LogP contribution in [0, 0.1) is 5.82 Å². The number of rotatable bonds is 6. The fourth-order valence-electron chi connectivity index (χ4n) is 1.68. The number of alkyl halides is 1. The Morgan fingerprint density at radius 1 is 1.48 bits per heavy atom. The summed E-state index contributed by atoms with van der Waals surface area (Å²) in [5.41, 5.74) is -0.0995. The molecule has 130 valence electrons. The van der Waals surface area contributed by atoms with Gasteiger partial charge in [0.05, 0.1) is 6.61 Å². The number of esters is 1. The number of nitrogens with one attached hydrogen (secondary N) is 1. The molecule has 0 radical (unpaired) electrons. The molecule has 23 heavy (non-hydrogen) atoms. The Kier molecular flexibility index (Phi) is 7.44. The third-order valence-corrected chi connectivity index (χ3v) is 4.96. The normalized spacial score (nSPS) is 15.8. The van der Waals surface area contributed by atoms with E-state index in [9.17, 15) is 18.1 Å². The molecule has 0 saturated carbocycles. The summed E-state index contributed by atoms with van der Waals surface area (Å²) >= 11 is 1.47. The highest BCUT2D eigenvalue weighted by Crippen LogP contribution is 2.29. The molecular formula is C15H20BrF2NO3S. The van der Waals surface area contributed by atoms with Gasteiger partial charge in [0, 0.05) is 21.4 Å². The lowest BCUT2D eigenvalue weighted by molar-refractivity contribution is -0.150. The van der Waals surface area contributed by atoms with Gasteiger partial charge in [0.1, 0.15) is 16.6 Å². The number of carbonyl (C=O) groups excluding carboxylic acids is 1.